The molecule has 9 nitrogen and oxygen atoms in total. The second kappa shape index (κ2) is 8.79. The van der Waals surface area contributed by atoms with Gasteiger partial charge in [-0.2, -0.15) is 0 Å². The van der Waals surface area contributed by atoms with Gasteiger partial charge in [0.15, 0.2) is 0 Å². The van der Waals surface area contributed by atoms with Gasteiger partial charge in [-0.1, -0.05) is 0 Å². The number of carbonyl (C=O) groups excluding carboxylic acids is 1. The first-order valence-corrected chi connectivity index (χ1v) is 8.79. The molecule has 1 aromatic heterocycles. The lowest BCUT2D eigenvalue weighted by molar-refractivity contribution is -0.385. The number of alkyl carbamates (subject to hydrolysis) is 1. The number of carbonyl (C=O) groups is 1. The fourth-order valence-electron chi connectivity index (χ4n) is 2.68. The summed E-state index contributed by atoms with van der Waals surface area (Å²) in [6.45, 7) is 10.4. The first-order chi connectivity index (χ1) is 12.2. The van der Waals surface area contributed by atoms with Crippen molar-refractivity contribution in [2.75, 3.05) is 44.2 Å². The number of nitrogens with zero attached hydrogens (tertiary/aromatic N) is 4. The zero-order valence-corrected chi connectivity index (χ0v) is 15.6. The molecule has 1 saturated heterocycles. The number of rotatable bonds is 6. The predicted molar refractivity (Wildman–Crippen MR) is 98.4 cm³/mol. The van der Waals surface area contributed by atoms with Gasteiger partial charge in [0, 0.05) is 38.8 Å². The molecule has 0 saturated carbocycles. The van der Waals surface area contributed by atoms with Crippen molar-refractivity contribution >= 4 is 17.6 Å². The minimum absolute atomic E-state index is 0.00451. The molecule has 1 N–H and O–H groups in total. The van der Waals surface area contributed by atoms with Gasteiger partial charge in [-0.25, -0.2) is 9.78 Å². The number of hydrogen-bond acceptors (Lipinski definition) is 7. The third-order valence-corrected chi connectivity index (χ3v) is 3.96. The van der Waals surface area contributed by atoms with Crippen LogP contribution in [0.3, 0.4) is 0 Å². The van der Waals surface area contributed by atoms with E-state index in [4.69, 9.17) is 4.74 Å². The van der Waals surface area contributed by atoms with Gasteiger partial charge in [-0.15, -0.1) is 0 Å². The minimum Gasteiger partial charge on any atom is -0.444 e. The Bertz CT molecular complexity index is 607. The maximum absolute atomic E-state index is 11.6. The number of aromatic nitrogens is 1. The van der Waals surface area contributed by atoms with Crippen molar-refractivity contribution in [3.05, 3.63) is 28.4 Å². The molecule has 1 aliphatic rings. The Kier molecular flexibility index (Phi) is 6.73. The van der Waals surface area contributed by atoms with E-state index in [0.29, 0.717) is 6.54 Å². The van der Waals surface area contributed by atoms with Crippen LogP contribution in [0, 0.1) is 10.1 Å². The quantitative estimate of drug-likeness (QED) is 0.467. The molecule has 9 heteroatoms. The van der Waals surface area contributed by atoms with Gasteiger partial charge in [-0.3, -0.25) is 15.0 Å². The number of anilines is 1. The third-order valence-electron chi connectivity index (χ3n) is 3.96. The molecule has 1 aliphatic heterocycles. The minimum atomic E-state index is -0.480. The topological polar surface area (TPSA) is 101 Å². The van der Waals surface area contributed by atoms with Crippen LogP contribution < -0.4 is 10.2 Å². The highest BCUT2D eigenvalue weighted by atomic mass is 16.6. The fourth-order valence-corrected chi connectivity index (χ4v) is 2.68. The van der Waals surface area contributed by atoms with Gasteiger partial charge in [0.1, 0.15) is 17.6 Å². The largest absolute Gasteiger partial charge is 0.444 e. The summed E-state index contributed by atoms with van der Waals surface area (Å²) in [5, 5.41) is 13.4. The van der Waals surface area contributed by atoms with E-state index in [0.717, 1.165) is 45.0 Å². The summed E-state index contributed by atoms with van der Waals surface area (Å²) in [4.78, 5) is 30.4. The molecular formula is C17H27N5O4. The van der Waals surface area contributed by atoms with Crippen molar-refractivity contribution in [2.45, 2.75) is 32.8 Å². The van der Waals surface area contributed by atoms with Crippen molar-refractivity contribution in [1.82, 2.24) is 15.2 Å². The van der Waals surface area contributed by atoms with E-state index < -0.39 is 10.5 Å². The zero-order chi connectivity index (χ0) is 19.2. The van der Waals surface area contributed by atoms with Crippen LogP contribution in [-0.4, -0.2) is 65.8 Å². The van der Waals surface area contributed by atoms with E-state index in [-0.39, 0.29) is 11.8 Å². The molecule has 0 bridgehead atoms. The summed E-state index contributed by atoms with van der Waals surface area (Å²) in [7, 11) is 0. The molecule has 2 heterocycles. The Labute approximate surface area is 153 Å². The molecular weight excluding hydrogens is 338 g/mol. The van der Waals surface area contributed by atoms with Gasteiger partial charge in [0.05, 0.1) is 4.92 Å². The van der Waals surface area contributed by atoms with E-state index in [1.54, 1.807) is 6.07 Å². The fraction of sp³-hybridized carbons (Fsp3) is 0.647. The number of nitro groups is 1. The normalized spacial score (nSPS) is 15.6. The highest BCUT2D eigenvalue weighted by Crippen LogP contribution is 2.17. The molecule has 26 heavy (non-hydrogen) atoms. The summed E-state index contributed by atoms with van der Waals surface area (Å²) in [6, 6.07) is 3.18. The molecule has 0 aromatic carbocycles. The first-order valence-electron chi connectivity index (χ1n) is 8.79. The number of ether oxygens (including phenoxy) is 1. The molecule has 0 aliphatic carbocycles. The van der Waals surface area contributed by atoms with Gasteiger partial charge in [0.25, 0.3) is 5.69 Å². The number of amides is 1. The number of nitrogens with one attached hydrogen (secondary N) is 1. The molecule has 1 fully saturated rings. The Morgan fingerprint density at radius 1 is 1.31 bits per heavy atom. The summed E-state index contributed by atoms with van der Waals surface area (Å²) in [5.41, 5.74) is -0.475. The van der Waals surface area contributed by atoms with Crippen molar-refractivity contribution in [2.24, 2.45) is 0 Å². The maximum Gasteiger partial charge on any atom is 0.407 e. The summed E-state index contributed by atoms with van der Waals surface area (Å²) >= 11 is 0. The molecule has 2 rings (SSSR count). The second-order valence-electron chi connectivity index (χ2n) is 7.24. The van der Waals surface area contributed by atoms with Crippen molar-refractivity contribution in [3.63, 3.8) is 0 Å². The molecule has 1 aromatic rings. The summed E-state index contributed by atoms with van der Waals surface area (Å²) in [5.74, 6) is 0.766. The van der Waals surface area contributed by atoms with E-state index in [1.807, 2.05) is 20.8 Å². The first kappa shape index (κ1) is 19.9. The van der Waals surface area contributed by atoms with Crippen LogP contribution in [0.5, 0.6) is 0 Å². The van der Waals surface area contributed by atoms with Crippen molar-refractivity contribution in [3.8, 4) is 0 Å². The second-order valence-corrected chi connectivity index (χ2v) is 7.24. The van der Waals surface area contributed by atoms with Crippen LogP contribution in [0.4, 0.5) is 16.3 Å². The Morgan fingerprint density at radius 3 is 2.54 bits per heavy atom. The SMILES string of the molecule is CC(C)(C)OC(=O)NCCCN1CCN(c2ccc([N+](=O)[O-])cn2)CC1. The van der Waals surface area contributed by atoms with Gasteiger partial charge >= 0.3 is 6.09 Å². The predicted octanol–water partition coefficient (Wildman–Crippen LogP) is 2.03. The lowest BCUT2D eigenvalue weighted by atomic mass is 10.2. The van der Waals surface area contributed by atoms with Gasteiger partial charge in [0.2, 0.25) is 0 Å². The van der Waals surface area contributed by atoms with Crippen LogP contribution in [-0.2, 0) is 4.74 Å². The highest BCUT2D eigenvalue weighted by molar-refractivity contribution is 5.67. The number of hydrogen-bond donors (Lipinski definition) is 1. The summed E-state index contributed by atoms with van der Waals surface area (Å²) < 4.78 is 5.20. The lowest BCUT2D eigenvalue weighted by Gasteiger charge is -2.35. The molecule has 1 amide bonds. The number of piperazine rings is 1. The molecule has 144 valence electrons. The molecule has 0 radical (unpaired) electrons. The highest BCUT2D eigenvalue weighted by Gasteiger charge is 2.19. The molecule has 0 atom stereocenters. The molecule has 0 unspecified atom stereocenters. The van der Waals surface area contributed by atoms with Crippen molar-refractivity contribution in [1.29, 1.82) is 0 Å². The Morgan fingerprint density at radius 2 is 2.00 bits per heavy atom. The Balaban J connectivity index is 1.65. The third kappa shape index (κ3) is 6.47. The zero-order valence-electron chi connectivity index (χ0n) is 15.6. The van der Waals surface area contributed by atoms with Crippen LogP contribution >= 0.6 is 0 Å². The van der Waals surface area contributed by atoms with E-state index in [2.05, 4.69) is 20.1 Å². The monoisotopic (exact) mass is 365 g/mol. The van der Waals surface area contributed by atoms with E-state index in [9.17, 15) is 14.9 Å². The van der Waals surface area contributed by atoms with Crippen LogP contribution in [0.1, 0.15) is 27.2 Å². The standard InChI is InChI=1S/C17H27N5O4/c1-17(2,3)26-16(23)18-7-4-8-20-9-11-21(12-10-20)15-6-5-14(13-19-15)22(24)25/h5-6,13H,4,7-12H2,1-3H3,(H,18,23). The maximum atomic E-state index is 11.6. The van der Waals surface area contributed by atoms with Crippen LogP contribution in [0.2, 0.25) is 0 Å². The van der Waals surface area contributed by atoms with Gasteiger partial charge in [-0.05, 0) is 39.8 Å². The molecule has 0 spiro atoms. The van der Waals surface area contributed by atoms with Crippen LogP contribution in [0.15, 0.2) is 18.3 Å². The Hall–Kier alpha value is -2.42. The number of pyridine rings is 1. The lowest BCUT2D eigenvalue weighted by Crippen LogP contribution is -2.47. The average molecular weight is 365 g/mol. The average Bonchev–Trinajstić information content (AvgIpc) is 2.58. The van der Waals surface area contributed by atoms with Gasteiger partial charge < -0.3 is 15.0 Å². The van der Waals surface area contributed by atoms with E-state index >= 15 is 0 Å². The van der Waals surface area contributed by atoms with E-state index in [1.165, 1.54) is 12.3 Å². The smallest absolute Gasteiger partial charge is 0.407 e. The van der Waals surface area contributed by atoms with Crippen LogP contribution in [0.25, 0.3) is 0 Å². The summed E-state index contributed by atoms with van der Waals surface area (Å²) in [6.07, 6.45) is 1.77. The van der Waals surface area contributed by atoms with Crippen molar-refractivity contribution < 1.29 is 14.5 Å².